The molecule has 0 radical (unpaired) electrons. The van der Waals surface area contributed by atoms with Crippen molar-refractivity contribution < 1.29 is 19.1 Å². The van der Waals surface area contributed by atoms with Gasteiger partial charge >= 0.3 is 0 Å². The van der Waals surface area contributed by atoms with Gasteiger partial charge in [0, 0.05) is 23.6 Å². The third-order valence-corrected chi connectivity index (χ3v) is 4.95. The topological polar surface area (TPSA) is 96.5 Å². The summed E-state index contributed by atoms with van der Waals surface area (Å²) in [5.74, 6) is -0.759. The lowest BCUT2D eigenvalue weighted by molar-refractivity contribution is -0.130. The number of carbonyl (C=O) groups excluding carboxylic acids is 3. The van der Waals surface area contributed by atoms with Crippen LogP contribution in [0.3, 0.4) is 0 Å². The third-order valence-electron chi connectivity index (χ3n) is 4.36. The van der Waals surface area contributed by atoms with Crippen molar-refractivity contribution in [1.29, 1.82) is 0 Å². The van der Waals surface area contributed by atoms with Gasteiger partial charge in [0.2, 0.25) is 11.8 Å². The first kappa shape index (κ1) is 23.2. The summed E-state index contributed by atoms with van der Waals surface area (Å²) in [5, 5.41) is 3.43. The standard InChI is InChI=1S/C22H26ClN3O4/c1-13-5-6-18(14(2)9-13)24-19(27)7-8-20(28)25-26-21(29)12-30-17-10-15(3)22(23)16(4)11-17/h5-6,9-11H,7-8,12H2,1-4H3,(H,24,27)(H,25,28)(H,26,29). The predicted octanol–water partition coefficient (Wildman–Crippen LogP) is 3.52. The lowest BCUT2D eigenvalue weighted by atomic mass is 10.1. The van der Waals surface area contributed by atoms with Gasteiger partial charge in [0.05, 0.1) is 0 Å². The van der Waals surface area contributed by atoms with Crippen LogP contribution in [-0.4, -0.2) is 24.3 Å². The summed E-state index contributed by atoms with van der Waals surface area (Å²) in [7, 11) is 0. The summed E-state index contributed by atoms with van der Waals surface area (Å²) in [6, 6.07) is 9.16. The smallest absolute Gasteiger partial charge is 0.276 e. The van der Waals surface area contributed by atoms with E-state index in [2.05, 4.69) is 16.2 Å². The number of ether oxygens (including phenoxy) is 1. The molecule has 0 heterocycles. The molecular weight excluding hydrogens is 406 g/mol. The lowest BCUT2D eigenvalue weighted by Gasteiger charge is -2.11. The Morgan fingerprint density at radius 2 is 1.43 bits per heavy atom. The second kappa shape index (κ2) is 10.6. The van der Waals surface area contributed by atoms with E-state index in [0.29, 0.717) is 16.5 Å². The number of hydrogen-bond donors (Lipinski definition) is 3. The monoisotopic (exact) mass is 431 g/mol. The maximum atomic E-state index is 12.0. The van der Waals surface area contributed by atoms with Crippen LogP contribution in [0.5, 0.6) is 5.75 Å². The molecule has 0 aliphatic rings. The van der Waals surface area contributed by atoms with Crippen molar-refractivity contribution >= 4 is 35.0 Å². The highest BCUT2D eigenvalue weighted by atomic mass is 35.5. The molecule has 3 N–H and O–H groups in total. The molecule has 0 aromatic heterocycles. The van der Waals surface area contributed by atoms with E-state index in [4.69, 9.17) is 16.3 Å². The molecule has 0 fully saturated rings. The van der Waals surface area contributed by atoms with Gasteiger partial charge in [-0.15, -0.1) is 0 Å². The molecule has 0 atom stereocenters. The van der Waals surface area contributed by atoms with Crippen molar-refractivity contribution in [2.75, 3.05) is 11.9 Å². The third kappa shape index (κ3) is 7.08. The zero-order valence-corrected chi connectivity index (χ0v) is 18.3. The van der Waals surface area contributed by atoms with Gasteiger partial charge in [-0.1, -0.05) is 29.3 Å². The van der Waals surface area contributed by atoms with Crippen LogP contribution in [0, 0.1) is 27.7 Å². The highest BCUT2D eigenvalue weighted by Crippen LogP contribution is 2.25. The summed E-state index contributed by atoms with van der Waals surface area (Å²) in [5.41, 5.74) is 8.99. The normalized spacial score (nSPS) is 10.3. The SMILES string of the molecule is Cc1ccc(NC(=O)CCC(=O)NNC(=O)COc2cc(C)c(Cl)c(C)c2)c(C)c1. The van der Waals surface area contributed by atoms with E-state index in [0.717, 1.165) is 22.3 Å². The molecule has 0 bridgehead atoms. The molecule has 0 aliphatic heterocycles. The average Bonchev–Trinajstić information content (AvgIpc) is 2.69. The maximum absolute atomic E-state index is 12.0. The van der Waals surface area contributed by atoms with E-state index >= 15 is 0 Å². The Labute approximate surface area is 181 Å². The predicted molar refractivity (Wildman–Crippen MR) is 116 cm³/mol. The molecule has 160 valence electrons. The molecule has 2 aromatic carbocycles. The van der Waals surface area contributed by atoms with Crippen molar-refractivity contribution in [3.05, 3.63) is 57.6 Å². The number of hydrazine groups is 1. The molecule has 0 spiro atoms. The Hall–Kier alpha value is -3.06. The number of nitrogens with one attached hydrogen (secondary N) is 3. The molecule has 8 heteroatoms. The molecule has 30 heavy (non-hydrogen) atoms. The van der Waals surface area contributed by atoms with Crippen LogP contribution in [-0.2, 0) is 14.4 Å². The fraction of sp³-hybridized carbons (Fsp3) is 0.318. The second-order valence-electron chi connectivity index (χ2n) is 7.12. The molecule has 3 amide bonds. The number of rotatable bonds is 7. The van der Waals surface area contributed by atoms with Gasteiger partial charge in [0.1, 0.15) is 5.75 Å². The molecule has 0 saturated heterocycles. The quantitative estimate of drug-likeness (QED) is 0.584. The fourth-order valence-electron chi connectivity index (χ4n) is 2.77. The average molecular weight is 432 g/mol. The van der Waals surface area contributed by atoms with Gasteiger partial charge in [-0.25, -0.2) is 0 Å². The van der Waals surface area contributed by atoms with E-state index in [-0.39, 0.29) is 25.4 Å². The Morgan fingerprint density at radius 3 is 2.07 bits per heavy atom. The van der Waals surface area contributed by atoms with Crippen molar-refractivity contribution in [2.45, 2.75) is 40.5 Å². The number of anilines is 1. The van der Waals surface area contributed by atoms with Crippen LogP contribution >= 0.6 is 11.6 Å². The van der Waals surface area contributed by atoms with E-state index < -0.39 is 11.8 Å². The molecule has 7 nitrogen and oxygen atoms in total. The molecule has 2 aromatic rings. The number of aryl methyl sites for hydroxylation is 4. The van der Waals surface area contributed by atoms with E-state index in [1.165, 1.54) is 0 Å². The zero-order valence-electron chi connectivity index (χ0n) is 17.5. The zero-order chi connectivity index (χ0) is 22.3. The summed E-state index contributed by atoms with van der Waals surface area (Å²) < 4.78 is 5.41. The number of carbonyl (C=O) groups is 3. The van der Waals surface area contributed by atoms with Crippen molar-refractivity contribution in [3.63, 3.8) is 0 Å². The summed E-state index contributed by atoms with van der Waals surface area (Å²) in [4.78, 5) is 35.7. The van der Waals surface area contributed by atoms with Crippen molar-refractivity contribution in [2.24, 2.45) is 0 Å². The number of benzene rings is 2. The van der Waals surface area contributed by atoms with Crippen LogP contribution in [0.15, 0.2) is 30.3 Å². The van der Waals surface area contributed by atoms with E-state index in [9.17, 15) is 14.4 Å². The molecule has 0 aliphatic carbocycles. The summed E-state index contributed by atoms with van der Waals surface area (Å²) in [6.07, 6.45) is -0.0672. The van der Waals surface area contributed by atoms with E-state index in [1.807, 2.05) is 45.9 Å². The van der Waals surface area contributed by atoms with Gasteiger partial charge < -0.3 is 10.1 Å². The Balaban J connectivity index is 1.70. The molecule has 0 saturated carbocycles. The van der Waals surface area contributed by atoms with Crippen molar-refractivity contribution in [1.82, 2.24) is 10.9 Å². The highest BCUT2D eigenvalue weighted by molar-refractivity contribution is 6.32. The minimum absolute atomic E-state index is 0.00511. The number of amides is 3. The van der Waals surface area contributed by atoms with Gasteiger partial charge in [-0.2, -0.15) is 0 Å². The van der Waals surface area contributed by atoms with Crippen molar-refractivity contribution in [3.8, 4) is 5.75 Å². The second-order valence-corrected chi connectivity index (χ2v) is 7.50. The molecule has 0 unspecified atom stereocenters. The number of hydrogen-bond acceptors (Lipinski definition) is 4. The first-order chi connectivity index (χ1) is 14.2. The Kier molecular flexibility index (Phi) is 8.24. The lowest BCUT2D eigenvalue weighted by Crippen LogP contribution is -2.44. The summed E-state index contributed by atoms with van der Waals surface area (Å²) >= 11 is 6.10. The Morgan fingerprint density at radius 1 is 0.833 bits per heavy atom. The van der Waals surface area contributed by atoms with E-state index in [1.54, 1.807) is 12.1 Å². The molecular formula is C22H26ClN3O4. The van der Waals surface area contributed by atoms with Gasteiger partial charge in [-0.05, 0) is 62.6 Å². The minimum atomic E-state index is -0.520. The fourth-order valence-corrected chi connectivity index (χ4v) is 2.88. The Bertz CT molecular complexity index is 936. The van der Waals surface area contributed by atoms with Gasteiger partial charge in [0.15, 0.2) is 6.61 Å². The first-order valence-electron chi connectivity index (χ1n) is 9.50. The minimum Gasteiger partial charge on any atom is -0.484 e. The van der Waals surface area contributed by atoms with Crippen LogP contribution < -0.4 is 20.9 Å². The highest BCUT2D eigenvalue weighted by Gasteiger charge is 2.11. The van der Waals surface area contributed by atoms with Crippen LogP contribution in [0.1, 0.15) is 35.1 Å². The van der Waals surface area contributed by atoms with Gasteiger partial charge in [-0.3, -0.25) is 25.2 Å². The maximum Gasteiger partial charge on any atom is 0.276 e. The summed E-state index contributed by atoms with van der Waals surface area (Å²) in [6.45, 7) is 7.30. The number of halogens is 1. The van der Waals surface area contributed by atoms with Crippen LogP contribution in [0.4, 0.5) is 5.69 Å². The molecule has 2 rings (SSSR count). The van der Waals surface area contributed by atoms with Gasteiger partial charge in [0.25, 0.3) is 5.91 Å². The largest absolute Gasteiger partial charge is 0.484 e. The van der Waals surface area contributed by atoms with Crippen LogP contribution in [0.2, 0.25) is 5.02 Å². The first-order valence-corrected chi connectivity index (χ1v) is 9.88. The van der Waals surface area contributed by atoms with Crippen LogP contribution in [0.25, 0.3) is 0 Å².